The van der Waals surface area contributed by atoms with Crippen LogP contribution in [0.4, 0.5) is 0 Å². The van der Waals surface area contributed by atoms with E-state index in [1.54, 1.807) is 25.4 Å². The summed E-state index contributed by atoms with van der Waals surface area (Å²) in [7, 11) is 4.67. The molecule has 1 N–H and O–H groups in total. The van der Waals surface area contributed by atoms with Crippen LogP contribution in [0.3, 0.4) is 0 Å². The average Bonchev–Trinajstić information content (AvgIpc) is 3.16. The summed E-state index contributed by atoms with van der Waals surface area (Å²) in [6, 6.07) is 3.71. The normalized spacial score (nSPS) is 20.0. The molecule has 1 heterocycles. The minimum atomic E-state index is -1.08. The lowest BCUT2D eigenvalue weighted by Crippen LogP contribution is -2.23. The maximum Gasteiger partial charge on any atom is 0.340 e. The van der Waals surface area contributed by atoms with Crippen LogP contribution < -0.4 is 9.47 Å². The van der Waals surface area contributed by atoms with Crippen molar-refractivity contribution in [2.24, 2.45) is 0 Å². The molecule has 1 aromatic carbocycles. The molecule has 7 nitrogen and oxygen atoms in total. The maximum absolute atomic E-state index is 11.9. The average molecular weight is 360 g/mol. The van der Waals surface area contributed by atoms with Gasteiger partial charge in [0, 0.05) is 31.1 Å². The molecule has 0 atom stereocenters. The predicted octanol–water partition coefficient (Wildman–Crippen LogP) is 3.40. The van der Waals surface area contributed by atoms with Crippen molar-refractivity contribution in [1.82, 2.24) is 9.55 Å². The smallest absolute Gasteiger partial charge is 0.340 e. The van der Waals surface area contributed by atoms with Crippen molar-refractivity contribution in [3.63, 3.8) is 0 Å². The van der Waals surface area contributed by atoms with Gasteiger partial charge in [-0.3, -0.25) is 0 Å². The van der Waals surface area contributed by atoms with Crippen molar-refractivity contribution >= 4 is 5.97 Å². The predicted molar refractivity (Wildman–Crippen MR) is 96.0 cm³/mol. The van der Waals surface area contributed by atoms with Gasteiger partial charge in [-0.05, 0) is 37.8 Å². The SMILES string of the molecule is COc1ccc(-c2nccn2C2CCC(OC)CC2)c(C(=O)O)c1OC. The van der Waals surface area contributed by atoms with Crippen LogP contribution in [0.15, 0.2) is 24.5 Å². The number of benzene rings is 1. The van der Waals surface area contributed by atoms with E-state index < -0.39 is 5.97 Å². The number of methoxy groups -OCH3 is 3. The summed E-state index contributed by atoms with van der Waals surface area (Å²) < 4.78 is 18.1. The van der Waals surface area contributed by atoms with Crippen molar-refractivity contribution in [1.29, 1.82) is 0 Å². The van der Waals surface area contributed by atoms with Crippen LogP contribution in [-0.2, 0) is 4.74 Å². The van der Waals surface area contributed by atoms with Gasteiger partial charge in [-0.1, -0.05) is 0 Å². The molecule has 0 amide bonds. The summed E-state index contributed by atoms with van der Waals surface area (Å²) in [5.74, 6) is 0.139. The van der Waals surface area contributed by atoms with Crippen LogP contribution in [-0.4, -0.2) is 48.1 Å². The van der Waals surface area contributed by atoms with E-state index in [4.69, 9.17) is 14.2 Å². The van der Waals surface area contributed by atoms with Gasteiger partial charge >= 0.3 is 5.97 Å². The van der Waals surface area contributed by atoms with E-state index in [-0.39, 0.29) is 17.4 Å². The van der Waals surface area contributed by atoms with Crippen molar-refractivity contribution in [2.75, 3.05) is 21.3 Å². The molecule has 1 aromatic heterocycles. The van der Waals surface area contributed by atoms with Crippen molar-refractivity contribution < 1.29 is 24.1 Å². The fourth-order valence-electron chi connectivity index (χ4n) is 3.70. The summed E-state index contributed by atoms with van der Waals surface area (Å²) in [6.07, 6.45) is 7.83. The Kier molecular flexibility index (Phi) is 5.46. The summed E-state index contributed by atoms with van der Waals surface area (Å²) in [6.45, 7) is 0. The monoisotopic (exact) mass is 360 g/mol. The van der Waals surface area contributed by atoms with Crippen molar-refractivity contribution in [3.05, 3.63) is 30.1 Å². The number of hydrogen-bond donors (Lipinski definition) is 1. The van der Waals surface area contributed by atoms with Gasteiger partial charge in [0.15, 0.2) is 11.5 Å². The first-order chi connectivity index (χ1) is 12.6. The second-order valence-corrected chi connectivity index (χ2v) is 6.35. The number of hydrogen-bond acceptors (Lipinski definition) is 5. The number of carboxylic acid groups (broad SMARTS) is 1. The number of aromatic nitrogens is 2. The Morgan fingerprint density at radius 2 is 1.88 bits per heavy atom. The number of carboxylic acids is 1. The molecule has 1 aliphatic carbocycles. The highest BCUT2D eigenvalue weighted by atomic mass is 16.5. The molecule has 0 bridgehead atoms. The molecule has 1 fully saturated rings. The minimum absolute atomic E-state index is 0.0601. The van der Waals surface area contributed by atoms with E-state index >= 15 is 0 Å². The first-order valence-electron chi connectivity index (χ1n) is 8.65. The zero-order valence-electron chi connectivity index (χ0n) is 15.3. The van der Waals surface area contributed by atoms with E-state index in [1.165, 1.54) is 14.2 Å². The third-order valence-corrected chi connectivity index (χ3v) is 5.04. The molecule has 140 valence electrons. The van der Waals surface area contributed by atoms with E-state index in [0.29, 0.717) is 23.2 Å². The standard InChI is InChI=1S/C19H24N2O5/c1-24-13-6-4-12(5-7-13)21-11-10-20-18(21)14-8-9-15(25-2)17(26-3)16(14)19(22)23/h8-13H,4-7H2,1-3H3,(H,22,23). The van der Waals surface area contributed by atoms with Crippen LogP contribution in [0.5, 0.6) is 11.5 Å². The largest absolute Gasteiger partial charge is 0.493 e. The molecule has 0 aliphatic heterocycles. The van der Waals surface area contributed by atoms with Gasteiger partial charge in [0.05, 0.1) is 20.3 Å². The molecule has 0 unspecified atom stereocenters. The van der Waals surface area contributed by atoms with Gasteiger partial charge in [-0.25, -0.2) is 9.78 Å². The molecule has 3 rings (SSSR count). The highest BCUT2D eigenvalue weighted by molar-refractivity contribution is 5.99. The lowest BCUT2D eigenvalue weighted by molar-refractivity contribution is 0.0586. The Balaban J connectivity index is 2.03. The zero-order chi connectivity index (χ0) is 18.7. The second kappa shape index (κ2) is 7.78. The molecule has 26 heavy (non-hydrogen) atoms. The van der Waals surface area contributed by atoms with Gasteiger partial charge in [0.25, 0.3) is 0 Å². The third-order valence-electron chi connectivity index (χ3n) is 5.04. The van der Waals surface area contributed by atoms with E-state index in [0.717, 1.165) is 25.7 Å². The lowest BCUT2D eigenvalue weighted by Gasteiger charge is -2.29. The second-order valence-electron chi connectivity index (χ2n) is 6.35. The summed E-state index contributed by atoms with van der Waals surface area (Å²) >= 11 is 0. The first kappa shape index (κ1) is 18.3. The number of carbonyl (C=O) groups is 1. The summed E-state index contributed by atoms with van der Waals surface area (Å²) in [5.41, 5.74) is 0.582. The van der Waals surface area contributed by atoms with Crippen LogP contribution in [0.25, 0.3) is 11.4 Å². The number of ether oxygens (including phenoxy) is 3. The van der Waals surface area contributed by atoms with Crippen LogP contribution in [0.1, 0.15) is 42.1 Å². The Morgan fingerprint density at radius 3 is 2.46 bits per heavy atom. The van der Waals surface area contributed by atoms with Crippen molar-refractivity contribution in [2.45, 2.75) is 37.8 Å². The lowest BCUT2D eigenvalue weighted by atomic mass is 9.92. The van der Waals surface area contributed by atoms with Gasteiger partial charge in [-0.2, -0.15) is 0 Å². The van der Waals surface area contributed by atoms with Crippen LogP contribution in [0.2, 0.25) is 0 Å². The fraction of sp³-hybridized carbons (Fsp3) is 0.474. The maximum atomic E-state index is 11.9. The van der Waals surface area contributed by atoms with Crippen LogP contribution >= 0.6 is 0 Å². The molecule has 0 radical (unpaired) electrons. The molecule has 0 saturated heterocycles. The van der Waals surface area contributed by atoms with Gasteiger partial charge in [-0.15, -0.1) is 0 Å². The number of aromatic carboxylic acids is 1. The first-order valence-corrected chi connectivity index (χ1v) is 8.65. The molecule has 1 saturated carbocycles. The zero-order valence-corrected chi connectivity index (χ0v) is 15.3. The van der Waals surface area contributed by atoms with E-state index in [9.17, 15) is 9.90 Å². The van der Waals surface area contributed by atoms with E-state index in [2.05, 4.69) is 9.55 Å². The Hall–Kier alpha value is -2.54. The quantitative estimate of drug-likeness (QED) is 0.850. The highest BCUT2D eigenvalue weighted by Crippen LogP contribution is 2.39. The fourth-order valence-corrected chi connectivity index (χ4v) is 3.70. The molecular formula is C19H24N2O5. The molecule has 1 aliphatic rings. The topological polar surface area (TPSA) is 82.8 Å². The molecular weight excluding hydrogens is 336 g/mol. The number of rotatable bonds is 6. The van der Waals surface area contributed by atoms with Gasteiger partial charge < -0.3 is 23.9 Å². The Labute approximate surface area is 152 Å². The minimum Gasteiger partial charge on any atom is -0.493 e. The summed E-state index contributed by atoms with van der Waals surface area (Å²) in [5, 5.41) is 9.78. The molecule has 0 spiro atoms. The van der Waals surface area contributed by atoms with Crippen LogP contribution in [0, 0.1) is 0 Å². The third kappa shape index (κ3) is 3.26. The van der Waals surface area contributed by atoms with E-state index in [1.807, 2.05) is 6.20 Å². The number of nitrogens with zero attached hydrogens (tertiary/aromatic N) is 2. The highest BCUT2D eigenvalue weighted by Gasteiger charge is 2.28. The molecule has 7 heteroatoms. The Morgan fingerprint density at radius 1 is 1.15 bits per heavy atom. The molecule has 2 aromatic rings. The van der Waals surface area contributed by atoms with Crippen molar-refractivity contribution in [3.8, 4) is 22.9 Å². The Bertz CT molecular complexity index is 778. The summed E-state index contributed by atoms with van der Waals surface area (Å²) in [4.78, 5) is 16.4. The number of imidazole rings is 1. The van der Waals surface area contributed by atoms with Gasteiger partial charge in [0.1, 0.15) is 11.4 Å². The van der Waals surface area contributed by atoms with Gasteiger partial charge in [0.2, 0.25) is 0 Å².